The average molecular weight is 411 g/mol. The minimum Gasteiger partial charge on any atom is -0.493 e. The predicted octanol–water partition coefficient (Wildman–Crippen LogP) is 4.52. The molecule has 2 aromatic carbocycles. The maximum atomic E-state index is 12.5. The second-order valence-electron chi connectivity index (χ2n) is 6.64. The number of rotatable bonds is 6. The smallest absolute Gasteiger partial charge is 0.314 e. The van der Waals surface area contributed by atoms with Gasteiger partial charge < -0.3 is 14.8 Å². The number of ether oxygens (including phenoxy) is 2. The van der Waals surface area contributed by atoms with E-state index < -0.39 is 5.91 Å². The van der Waals surface area contributed by atoms with Crippen LogP contribution in [0.1, 0.15) is 24.0 Å². The summed E-state index contributed by atoms with van der Waals surface area (Å²) < 4.78 is 10.6. The summed E-state index contributed by atoms with van der Waals surface area (Å²) in [7, 11) is 1.46. The highest BCUT2D eigenvalue weighted by atomic mass is 35.5. The SMILES string of the molecule is COc1cc(/C=C(\C#N)C(=O)Nc2cccc(Cl)c2C)ccc1OC(=O)C1CC1. The van der Waals surface area contributed by atoms with Gasteiger partial charge in [0.05, 0.1) is 13.0 Å². The molecule has 3 rings (SSSR count). The predicted molar refractivity (Wildman–Crippen MR) is 110 cm³/mol. The van der Waals surface area contributed by atoms with Crippen LogP contribution in [0.5, 0.6) is 11.5 Å². The van der Waals surface area contributed by atoms with Gasteiger partial charge in [-0.15, -0.1) is 0 Å². The number of hydrogen-bond donors (Lipinski definition) is 1. The van der Waals surface area contributed by atoms with E-state index in [1.165, 1.54) is 13.2 Å². The van der Waals surface area contributed by atoms with Crippen molar-refractivity contribution >= 4 is 35.2 Å². The lowest BCUT2D eigenvalue weighted by atomic mass is 10.1. The molecule has 29 heavy (non-hydrogen) atoms. The van der Waals surface area contributed by atoms with E-state index >= 15 is 0 Å². The first kappa shape index (κ1) is 20.4. The molecule has 0 saturated heterocycles. The van der Waals surface area contributed by atoms with Gasteiger partial charge in [0.2, 0.25) is 0 Å². The zero-order valence-corrected chi connectivity index (χ0v) is 16.7. The summed E-state index contributed by atoms with van der Waals surface area (Å²) in [5, 5.41) is 12.6. The normalized spacial score (nSPS) is 13.4. The molecule has 7 heteroatoms. The van der Waals surface area contributed by atoms with Crippen LogP contribution < -0.4 is 14.8 Å². The number of hydrogen-bond acceptors (Lipinski definition) is 5. The third-order valence-electron chi connectivity index (χ3n) is 4.50. The summed E-state index contributed by atoms with van der Waals surface area (Å²) in [5.41, 5.74) is 1.71. The van der Waals surface area contributed by atoms with Crippen molar-refractivity contribution in [3.05, 3.63) is 58.1 Å². The molecule has 0 atom stereocenters. The molecule has 1 N–H and O–H groups in total. The molecule has 148 valence electrons. The van der Waals surface area contributed by atoms with E-state index in [0.717, 1.165) is 12.8 Å². The van der Waals surface area contributed by atoms with E-state index in [4.69, 9.17) is 21.1 Å². The molecular weight excluding hydrogens is 392 g/mol. The average Bonchev–Trinajstić information content (AvgIpc) is 3.55. The first-order valence-corrected chi connectivity index (χ1v) is 9.38. The summed E-state index contributed by atoms with van der Waals surface area (Å²) >= 11 is 6.07. The van der Waals surface area contributed by atoms with Crippen LogP contribution in [-0.4, -0.2) is 19.0 Å². The molecule has 0 spiro atoms. The van der Waals surface area contributed by atoms with Crippen LogP contribution in [0.3, 0.4) is 0 Å². The number of carbonyl (C=O) groups excluding carboxylic acids is 2. The van der Waals surface area contributed by atoms with Crippen LogP contribution in [0.2, 0.25) is 5.02 Å². The van der Waals surface area contributed by atoms with E-state index in [0.29, 0.717) is 33.3 Å². The van der Waals surface area contributed by atoms with E-state index in [1.807, 2.05) is 6.07 Å². The van der Waals surface area contributed by atoms with Crippen molar-refractivity contribution in [3.8, 4) is 17.6 Å². The molecular formula is C22H19ClN2O4. The molecule has 1 amide bonds. The van der Waals surface area contributed by atoms with Crippen molar-refractivity contribution in [1.82, 2.24) is 0 Å². The maximum Gasteiger partial charge on any atom is 0.314 e. The van der Waals surface area contributed by atoms with Crippen LogP contribution in [0.4, 0.5) is 5.69 Å². The fourth-order valence-corrected chi connectivity index (χ4v) is 2.79. The number of anilines is 1. The number of amides is 1. The number of benzene rings is 2. The summed E-state index contributed by atoms with van der Waals surface area (Å²) in [6, 6.07) is 11.9. The van der Waals surface area contributed by atoms with Crippen LogP contribution in [-0.2, 0) is 9.59 Å². The number of esters is 1. The summed E-state index contributed by atoms with van der Waals surface area (Å²) in [4.78, 5) is 24.4. The maximum absolute atomic E-state index is 12.5. The Labute approximate surface area is 173 Å². The lowest BCUT2D eigenvalue weighted by Gasteiger charge is -2.10. The van der Waals surface area contributed by atoms with Crippen molar-refractivity contribution in [2.24, 2.45) is 5.92 Å². The van der Waals surface area contributed by atoms with Crippen LogP contribution >= 0.6 is 11.6 Å². The minimum absolute atomic E-state index is 0.0388. The Morgan fingerprint density at radius 2 is 2.00 bits per heavy atom. The van der Waals surface area contributed by atoms with Gasteiger partial charge in [0.15, 0.2) is 11.5 Å². The Balaban J connectivity index is 1.80. The van der Waals surface area contributed by atoms with Crippen molar-refractivity contribution in [2.45, 2.75) is 19.8 Å². The first-order chi connectivity index (χ1) is 13.9. The van der Waals surface area contributed by atoms with Gasteiger partial charge in [0.25, 0.3) is 5.91 Å². The number of nitriles is 1. The Morgan fingerprint density at radius 1 is 1.24 bits per heavy atom. The number of carbonyl (C=O) groups is 2. The third kappa shape index (κ3) is 4.95. The second-order valence-corrected chi connectivity index (χ2v) is 7.05. The lowest BCUT2D eigenvalue weighted by Crippen LogP contribution is -2.14. The second kappa shape index (κ2) is 8.80. The number of methoxy groups -OCH3 is 1. The summed E-state index contributed by atoms with van der Waals surface area (Å²) in [6.07, 6.45) is 3.12. The molecule has 0 unspecified atom stereocenters. The Kier molecular flexibility index (Phi) is 6.20. The topological polar surface area (TPSA) is 88.4 Å². The molecule has 0 radical (unpaired) electrons. The highest BCUT2D eigenvalue weighted by Crippen LogP contribution is 2.34. The number of nitrogens with zero attached hydrogens (tertiary/aromatic N) is 1. The summed E-state index contributed by atoms with van der Waals surface area (Å²) in [6.45, 7) is 1.78. The van der Waals surface area contributed by atoms with Gasteiger partial charge in [0, 0.05) is 10.7 Å². The van der Waals surface area contributed by atoms with E-state index in [9.17, 15) is 14.9 Å². The standard InChI is InChI=1S/C22H19ClN2O4/c1-13-17(23)4-3-5-18(13)25-21(26)16(12-24)10-14-6-9-19(20(11-14)28-2)29-22(27)15-7-8-15/h3-6,9-11,15H,7-8H2,1-2H3,(H,25,26)/b16-10+. The zero-order chi connectivity index (χ0) is 21.0. The fraction of sp³-hybridized carbons (Fsp3) is 0.227. The molecule has 6 nitrogen and oxygen atoms in total. The Bertz CT molecular complexity index is 1040. The third-order valence-corrected chi connectivity index (χ3v) is 4.91. The molecule has 1 aliphatic carbocycles. The van der Waals surface area contributed by atoms with E-state index in [2.05, 4.69) is 5.32 Å². The molecule has 1 fully saturated rings. The molecule has 1 aliphatic rings. The molecule has 0 heterocycles. The Hall–Kier alpha value is -3.30. The lowest BCUT2D eigenvalue weighted by molar-refractivity contribution is -0.135. The number of nitrogens with one attached hydrogen (secondary N) is 1. The van der Waals surface area contributed by atoms with Crippen molar-refractivity contribution in [1.29, 1.82) is 5.26 Å². The van der Waals surface area contributed by atoms with Crippen molar-refractivity contribution in [3.63, 3.8) is 0 Å². The molecule has 2 aromatic rings. The molecule has 0 aliphatic heterocycles. The van der Waals surface area contributed by atoms with Crippen LogP contribution in [0, 0.1) is 24.2 Å². The van der Waals surface area contributed by atoms with Crippen molar-refractivity contribution < 1.29 is 19.1 Å². The van der Waals surface area contributed by atoms with Gasteiger partial charge in [-0.3, -0.25) is 9.59 Å². The van der Waals surface area contributed by atoms with E-state index in [1.54, 1.807) is 43.3 Å². The van der Waals surface area contributed by atoms with Crippen molar-refractivity contribution in [2.75, 3.05) is 12.4 Å². The summed E-state index contributed by atoms with van der Waals surface area (Å²) in [5.74, 6) is -0.222. The highest BCUT2D eigenvalue weighted by Gasteiger charge is 2.32. The molecule has 1 saturated carbocycles. The van der Waals surface area contributed by atoms with Gasteiger partial charge in [-0.05, 0) is 61.2 Å². The minimum atomic E-state index is -0.555. The monoisotopic (exact) mass is 410 g/mol. The number of halogens is 1. The van der Waals surface area contributed by atoms with Gasteiger partial charge in [0.1, 0.15) is 11.6 Å². The van der Waals surface area contributed by atoms with Gasteiger partial charge >= 0.3 is 5.97 Å². The quantitative estimate of drug-likeness (QED) is 0.327. The largest absolute Gasteiger partial charge is 0.493 e. The highest BCUT2D eigenvalue weighted by molar-refractivity contribution is 6.31. The Morgan fingerprint density at radius 3 is 2.66 bits per heavy atom. The van der Waals surface area contributed by atoms with Gasteiger partial charge in [-0.25, -0.2) is 0 Å². The van der Waals surface area contributed by atoms with Gasteiger partial charge in [-0.1, -0.05) is 23.7 Å². The molecule has 0 bridgehead atoms. The zero-order valence-electron chi connectivity index (χ0n) is 16.0. The van der Waals surface area contributed by atoms with Gasteiger partial charge in [-0.2, -0.15) is 5.26 Å². The van der Waals surface area contributed by atoms with E-state index in [-0.39, 0.29) is 17.5 Å². The van der Waals surface area contributed by atoms with Crippen LogP contribution in [0.15, 0.2) is 42.0 Å². The van der Waals surface area contributed by atoms with Crippen LogP contribution in [0.25, 0.3) is 6.08 Å². The molecule has 0 aromatic heterocycles. The first-order valence-electron chi connectivity index (χ1n) is 9.01. The fourth-order valence-electron chi connectivity index (χ4n) is 2.62.